The Balaban J connectivity index is 5.60. The lowest BCUT2D eigenvalue weighted by molar-refractivity contribution is -0.0271. The van der Waals surface area contributed by atoms with Crippen LogP contribution in [0.5, 0.6) is 0 Å². The molecule has 2 atom stereocenters. The highest BCUT2D eigenvalue weighted by molar-refractivity contribution is 7.91. The molecule has 0 aliphatic carbocycles. The summed E-state index contributed by atoms with van der Waals surface area (Å²) in [5, 5.41) is 0. The summed E-state index contributed by atoms with van der Waals surface area (Å²) in [4.78, 5) is 0. The third kappa shape index (κ3) is 8.47. The zero-order chi connectivity index (χ0) is 18.9. The molecule has 0 aliphatic rings. The maximum absolute atomic E-state index is 12.2. The summed E-state index contributed by atoms with van der Waals surface area (Å²) in [5.41, 5.74) is -0.857. The van der Waals surface area contributed by atoms with Crippen molar-refractivity contribution >= 4 is 19.9 Å². The van der Waals surface area contributed by atoms with Gasteiger partial charge in [-0.1, -0.05) is 20.8 Å². The first-order valence-corrected chi connectivity index (χ1v) is 11.6. The highest BCUT2D eigenvalue weighted by atomic mass is 32.2. The van der Waals surface area contributed by atoms with Gasteiger partial charge in [0.25, 0.3) is 0 Å². The summed E-state index contributed by atoms with van der Waals surface area (Å²) in [5.74, 6) is -0.270. The van der Waals surface area contributed by atoms with E-state index in [1.54, 1.807) is 20.8 Å². The van der Waals surface area contributed by atoms with E-state index in [0.29, 0.717) is 0 Å². The zero-order valence-electron chi connectivity index (χ0n) is 15.9. The SMILES string of the molecule is CC(OCC(CS(C)(=O)=O)N(C(C)(C)C)S(C)(=O)=O)C(C)(C)C. The number of hydrogen-bond acceptors (Lipinski definition) is 5. The molecule has 8 heteroatoms. The van der Waals surface area contributed by atoms with Crippen molar-refractivity contribution in [2.24, 2.45) is 5.41 Å². The largest absolute Gasteiger partial charge is 0.376 e. The molecule has 0 aliphatic heterocycles. The minimum atomic E-state index is -3.59. The summed E-state index contributed by atoms with van der Waals surface area (Å²) < 4.78 is 55.0. The second-order valence-electron chi connectivity index (χ2n) is 8.32. The van der Waals surface area contributed by atoms with E-state index in [1.807, 2.05) is 27.7 Å². The van der Waals surface area contributed by atoms with Crippen LogP contribution in [0.25, 0.3) is 0 Å². The lowest BCUT2D eigenvalue weighted by atomic mass is 9.90. The van der Waals surface area contributed by atoms with E-state index in [-0.39, 0.29) is 23.9 Å². The van der Waals surface area contributed by atoms with Crippen LogP contribution in [0.15, 0.2) is 0 Å². The highest BCUT2D eigenvalue weighted by Crippen LogP contribution is 2.25. The Labute approximate surface area is 142 Å². The predicted octanol–water partition coefficient (Wildman–Crippen LogP) is 1.91. The molecule has 0 N–H and O–H groups in total. The van der Waals surface area contributed by atoms with Gasteiger partial charge in [0, 0.05) is 11.8 Å². The van der Waals surface area contributed by atoms with Crippen LogP contribution in [0.1, 0.15) is 48.5 Å². The molecule has 140 valence electrons. The van der Waals surface area contributed by atoms with Crippen LogP contribution in [-0.4, -0.2) is 63.7 Å². The van der Waals surface area contributed by atoms with Crippen LogP contribution >= 0.6 is 0 Å². The smallest absolute Gasteiger partial charge is 0.212 e. The Morgan fingerprint density at radius 3 is 1.65 bits per heavy atom. The van der Waals surface area contributed by atoms with Gasteiger partial charge in [-0.3, -0.25) is 0 Å². The predicted molar refractivity (Wildman–Crippen MR) is 94.8 cm³/mol. The molecular weight excluding hydrogens is 338 g/mol. The van der Waals surface area contributed by atoms with Gasteiger partial charge in [-0.25, -0.2) is 16.8 Å². The van der Waals surface area contributed by atoms with Crippen molar-refractivity contribution in [1.29, 1.82) is 0 Å². The second kappa shape index (κ2) is 7.37. The summed E-state index contributed by atoms with van der Waals surface area (Å²) in [6.45, 7) is 13.2. The molecule has 0 aromatic heterocycles. The average molecular weight is 372 g/mol. The van der Waals surface area contributed by atoms with Gasteiger partial charge in [-0.05, 0) is 33.1 Å². The minimum Gasteiger partial charge on any atom is -0.376 e. The molecule has 0 rings (SSSR count). The Hall–Kier alpha value is -0.180. The van der Waals surface area contributed by atoms with Crippen LogP contribution in [0.4, 0.5) is 0 Å². The molecule has 0 amide bonds. The summed E-state index contributed by atoms with van der Waals surface area (Å²) in [6.07, 6.45) is 2.07. The van der Waals surface area contributed by atoms with Gasteiger partial charge in [0.15, 0.2) is 0 Å². The molecule has 0 bridgehead atoms. The van der Waals surface area contributed by atoms with Crippen LogP contribution in [-0.2, 0) is 24.6 Å². The molecule has 0 aromatic rings. The first kappa shape index (κ1) is 22.8. The molecule has 0 spiro atoms. The maximum atomic E-state index is 12.2. The van der Waals surface area contributed by atoms with E-state index in [2.05, 4.69) is 0 Å². The molecule has 2 unspecified atom stereocenters. The quantitative estimate of drug-likeness (QED) is 0.683. The number of rotatable bonds is 7. The van der Waals surface area contributed by atoms with Gasteiger partial charge in [-0.15, -0.1) is 0 Å². The molecule has 23 heavy (non-hydrogen) atoms. The Morgan fingerprint density at radius 1 is 0.957 bits per heavy atom. The van der Waals surface area contributed by atoms with Crippen LogP contribution < -0.4 is 0 Å². The number of nitrogens with zero attached hydrogens (tertiary/aromatic N) is 1. The normalized spacial score (nSPS) is 17.3. The Kier molecular flexibility index (Phi) is 7.31. The fourth-order valence-electron chi connectivity index (χ4n) is 2.35. The van der Waals surface area contributed by atoms with Gasteiger partial charge in [-0.2, -0.15) is 4.31 Å². The van der Waals surface area contributed by atoms with Crippen molar-refractivity contribution in [3.05, 3.63) is 0 Å². The van der Waals surface area contributed by atoms with Crippen LogP contribution in [0.2, 0.25) is 0 Å². The van der Waals surface area contributed by atoms with E-state index in [0.717, 1.165) is 12.5 Å². The van der Waals surface area contributed by atoms with E-state index in [1.165, 1.54) is 4.31 Å². The van der Waals surface area contributed by atoms with Gasteiger partial charge in [0.05, 0.1) is 30.8 Å². The Bertz CT molecular complexity index is 582. The van der Waals surface area contributed by atoms with E-state index >= 15 is 0 Å². The number of sulfonamides is 1. The monoisotopic (exact) mass is 371 g/mol. The van der Waals surface area contributed by atoms with Gasteiger partial charge < -0.3 is 4.74 Å². The maximum Gasteiger partial charge on any atom is 0.212 e. The number of hydrogen-bond donors (Lipinski definition) is 0. The summed E-state index contributed by atoms with van der Waals surface area (Å²) >= 11 is 0. The summed E-state index contributed by atoms with van der Waals surface area (Å²) in [7, 11) is -6.95. The molecule has 0 saturated heterocycles. The molecular formula is C15H33NO5S2. The topological polar surface area (TPSA) is 80.8 Å². The van der Waals surface area contributed by atoms with Gasteiger partial charge in [0.2, 0.25) is 10.0 Å². The first-order chi connectivity index (χ1) is 9.86. The lowest BCUT2D eigenvalue weighted by Gasteiger charge is -2.40. The molecule has 0 heterocycles. The molecule has 0 radical (unpaired) electrons. The van der Waals surface area contributed by atoms with Crippen LogP contribution in [0.3, 0.4) is 0 Å². The first-order valence-electron chi connectivity index (χ1n) is 7.64. The summed E-state index contributed by atoms with van der Waals surface area (Å²) in [6, 6.07) is -0.759. The van der Waals surface area contributed by atoms with Crippen molar-refractivity contribution in [1.82, 2.24) is 4.31 Å². The van der Waals surface area contributed by atoms with Crippen molar-refractivity contribution in [2.45, 2.75) is 66.2 Å². The van der Waals surface area contributed by atoms with Gasteiger partial charge in [0.1, 0.15) is 9.84 Å². The van der Waals surface area contributed by atoms with Crippen molar-refractivity contribution < 1.29 is 21.6 Å². The van der Waals surface area contributed by atoms with Gasteiger partial charge >= 0.3 is 0 Å². The van der Waals surface area contributed by atoms with Crippen LogP contribution in [0, 0.1) is 5.41 Å². The standard InChI is InChI=1S/C15H33NO5S2/c1-12(14(2,3)4)21-10-13(11-22(8,17)18)16(15(5,6)7)23(9,19)20/h12-13H,10-11H2,1-9H3. The number of sulfone groups is 1. The number of ether oxygens (including phenoxy) is 1. The van der Waals surface area contributed by atoms with Crippen molar-refractivity contribution in [2.75, 3.05) is 24.9 Å². The Morgan fingerprint density at radius 2 is 1.39 bits per heavy atom. The van der Waals surface area contributed by atoms with Crippen molar-refractivity contribution in [3.63, 3.8) is 0 Å². The molecule has 0 fully saturated rings. The molecule has 0 aromatic carbocycles. The fraction of sp³-hybridized carbons (Fsp3) is 1.00. The fourth-order valence-corrected chi connectivity index (χ4v) is 5.06. The third-order valence-corrected chi connectivity index (χ3v) is 6.15. The van der Waals surface area contributed by atoms with E-state index < -0.39 is 31.4 Å². The third-order valence-electron chi connectivity index (χ3n) is 3.60. The average Bonchev–Trinajstić information content (AvgIpc) is 2.17. The minimum absolute atomic E-state index is 0.0375. The lowest BCUT2D eigenvalue weighted by Crippen LogP contribution is -2.55. The van der Waals surface area contributed by atoms with Crippen molar-refractivity contribution in [3.8, 4) is 0 Å². The zero-order valence-corrected chi connectivity index (χ0v) is 17.5. The highest BCUT2D eigenvalue weighted by Gasteiger charge is 2.38. The molecule has 0 saturated carbocycles. The second-order valence-corrected chi connectivity index (χ2v) is 12.4. The molecule has 6 nitrogen and oxygen atoms in total. The van der Waals surface area contributed by atoms with E-state index in [4.69, 9.17) is 4.74 Å². The van der Waals surface area contributed by atoms with E-state index in [9.17, 15) is 16.8 Å².